The summed E-state index contributed by atoms with van der Waals surface area (Å²) in [5, 5.41) is 0. The SMILES string of the molecule is CCCCOc1ccc([C@H]2C(=O)N(C3CCCCC3)CC(=O)N2C[C@H]2COc3ccccc3O2)cc1. The maximum atomic E-state index is 13.9. The van der Waals surface area contributed by atoms with E-state index in [2.05, 4.69) is 6.92 Å². The standard InChI is InChI=1S/C29H36N2O5/c1-2-3-17-34-23-15-13-21(14-16-23)28-29(33)30(22-9-5-4-6-10-22)19-27(32)31(28)18-24-20-35-25-11-7-8-12-26(25)36-24/h7-8,11-16,22,24,28H,2-6,9-10,17-20H2,1H3/t24-,28-/m0/s1. The lowest BCUT2D eigenvalue weighted by molar-refractivity contribution is -0.160. The smallest absolute Gasteiger partial charge is 0.250 e. The fraction of sp³-hybridized carbons (Fsp3) is 0.517. The number of piperazine rings is 1. The number of fused-ring (bicyclic) bond motifs is 1. The van der Waals surface area contributed by atoms with Gasteiger partial charge in [-0.25, -0.2) is 0 Å². The van der Waals surface area contributed by atoms with E-state index in [0.717, 1.165) is 49.8 Å². The van der Waals surface area contributed by atoms with Gasteiger partial charge in [0.1, 0.15) is 24.9 Å². The molecule has 0 spiro atoms. The molecule has 1 saturated heterocycles. The molecular weight excluding hydrogens is 456 g/mol. The van der Waals surface area contributed by atoms with Gasteiger partial charge in [0.15, 0.2) is 17.6 Å². The minimum absolute atomic E-state index is 0.00159. The lowest BCUT2D eigenvalue weighted by Gasteiger charge is -2.45. The summed E-state index contributed by atoms with van der Waals surface area (Å²) in [5.41, 5.74) is 0.800. The number of nitrogens with zero attached hydrogens (tertiary/aromatic N) is 2. The molecule has 2 aromatic carbocycles. The molecule has 192 valence electrons. The quantitative estimate of drug-likeness (QED) is 0.498. The summed E-state index contributed by atoms with van der Waals surface area (Å²) in [6, 6.07) is 14.6. The first-order valence-corrected chi connectivity index (χ1v) is 13.3. The normalized spacial score (nSPS) is 22.6. The van der Waals surface area contributed by atoms with Crippen molar-refractivity contribution in [2.24, 2.45) is 0 Å². The summed E-state index contributed by atoms with van der Waals surface area (Å²) in [5.74, 6) is 2.10. The van der Waals surface area contributed by atoms with Crippen LogP contribution in [-0.2, 0) is 9.59 Å². The molecule has 7 heteroatoms. The van der Waals surface area contributed by atoms with E-state index in [1.807, 2.05) is 53.4 Å². The lowest BCUT2D eigenvalue weighted by Crippen LogP contribution is -2.60. The minimum atomic E-state index is -0.682. The second-order valence-electron chi connectivity index (χ2n) is 9.98. The highest BCUT2D eigenvalue weighted by Gasteiger charge is 2.44. The molecule has 36 heavy (non-hydrogen) atoms. The van der Waals surface area contributed by atoms with Gasteiger partial charge < -0.3 is 24.0 Å². The van der Waals surface area contributed by atoms with Crippen molar-refractivity contribution in [3.63, 3.8) is 0 Å². The summed E-state index contributed by atoms with van der Waals surface area (Å²) in [6.07, 6.45) is 7.05. The molecule has 0 aromatic heterocycles. The first-order valence-electron chi connectivity index (χ1n) is 13.3. The number of carbonyl (C=O) groups is 2. The van der Waals surface area contributed by atoms with Gasteiger partial charge in [-0.3, -0.25) is 9.59 Å². The van der Waals surface area contributed by atoms with Gasteiger partial charge in [-0.15, -0.1) is 0 Å². The van der Waals surface area contributed by atoms with Crippen LogP contribution in [0.4, 0.5) is 0 Å². The summed E-state index contributed by atoms with van der Waals surface area (Å²) in [4.78, 5) is 31.0. The molecule has 1 aliphatic carbocycles. The van der Waals surface area contributed by atoms with Gasteiger partial charge in [0.2, 0.25) is 5.91 Å². The number of ether oxygens (including phenoxy) is 3. The Labute approximate surface area is 213 Å². The van der Waals surface area contributed by atoms with Gasteiger partial charge in [0.05, 0.1) is 13.2 Å². The number of hydrogen-bond donors (Lipinski definition) is 0. The number of benzene rings is 2. The first kappa shape index (κ1) is 24.5. The van der Waals surface area contributed by atoms with E-state index >= 15 is 0 Å². The van der Waals surface area contributed by atoms with Crippen LogP contribution >= 0.6 is 0 Å². The summed E-state index contributed by atoms with van der Waals surface area (Å²) in [6.45, 7) is 3.54. The van der Waals surface area contributed by atoms with Gasteiger partial charge in [0, 0.05) is 6.04 Å². The zero-order chi connectivity index (χ0) is 24.9. The zero-order valence-electron chi connectivity index (χ0n) is 21.1. The number of hydrogen-bond acceptors (Lipinski definition) is 5. The van der Waals surface area contributed by atoms with Gasteiger partial charge >= 0.3 is 0 Å². The molecule has 0 radical (unpaired) electrons. The summed E-state index contributed by atoms with van der Waals surface area (Å²) in [7, 11) is 0. The van der Waals surface area contributed by atoms with Crippen LogP contribution in [-0.4, -0.2) is 60.1 Å². The van der Waals surface area contributed by atoms with Gasteiger partial charge in [-0.2, -0.15) is 0 Å². The Bertz CT molecular complexity index is 1050. The maximum absolute atomic E-state index is 13.9. The number of para-hydroxylation sites is 2. The average molecular weight is 493 g/mol. The van der Waals surface area contributed by atoms with Gasteiger partial charge in [-0.05, 0) is 49.1 Å². The molecule has 1 saturated carbocycles. The van der Waals surface area contributed by atoms with E-state index in [9.17, 15) is 9.59 Å². The van der Waals surface area contributed by atoms with Gasteiger partial charge in [-0.1, -0.05) is 56.9 Å². The molecule has 7 nitrogen and oxygen atoms in total. The van der Waals surface area contributed by atoms with Crippen molar-refractivity contribution >= 4 is 11.8 Å². The molecule has 0 N–H and O–H groups in total. The van der Waals surface area contributed by atoms with E-state index in [4.69, 9.17) is 14.2 Å². The molecule has 0 bridgehead atoms. The second kappa shape index (κ2) is 11.2. The predicted molar refractivity (Wildman–Crippen MR) is 136 cm³/mol. The molecule has 0 unspecified atom stereocenters. The third kappa shape index (κ3) is 5.30. The Hall–Kier alpha value is -3.22. The molecular formula is C29H36N2O5. The van der Waals surface area contributed by atoms with Crippen LogP contribution < -0.4 is 14.2 Å². The Morgan fingerprint density at radius 2 is 1.72 bits per heavy atom. The molecule has 2 aromatic rings. The number of carbonyl (C=O) groups excluding carboxylic acids is 2. The lowest BCUT2D eigenvalue weighted by atomic mass is 9.91. The second-order valence-corrected chi connectivity index (χ2v) is 9.98. The summed E-state index contributed by atoms with van der Waals surface area (Å²) >= 11 is 0. The molecule has 5 rings (SSSR count). The first-order chi connectivity index (χ1) is 17.6. The molecule has 2 fully saturated rings. The maximum Gasteiger partial charge on any atom is 0.250 e. The van der Waals surface area contributed by atoms with Crippen molar-refractivity contribution in [2.45, 2.75) is 70.1 Å². The highest BCUT2D eigenvalue weighted by Crippen LogP contribution is 2.35. The Morgan fingerprint density at radius 3 is 2.47 bits per heavy atom. The van der Waals surface area contributed by atoms with Crippen molar-refractivity contribution in [1.29, 1.82) is 0 Å². The fourth-order valence-corrected chi connectivity index (χ4v) is 5.43. The topological polar surface area (TPSA) is 68.3 Å². The Morgan fingerprint density at radius 1 is 0.972 bits per heavy atom. The van der Waals surface area contributed by atoms with Crippen LogP contribution in [0.1, 0.15) is 63.5 Å². The van der Waals surface area contributed by atoms with Crippen molar-refractivity contribution in [1.82, 2.24) is 9.80 Å². The van der Waals surface area contributed by atoms with E-state index in [0.29, 0.717) is 24.7 Å². The largest absolute Gasteiger partial charge is 0.494 e. The molecule has 2 atom stereocenters. The average Bonchev–Trinajstić information content (AvgIpc) is 2.92. The predicted octanol–water partition coefficient (Wildman–Crippen LogP) is 4.75. The Balaban J connectivity index is 1.38. The third-order valence-electron chi connectivity index (χ3n) is 7.40. The van der Waals surface area contributed by atoms with E-state index in [1.165, 1.54) is 6.42 Å². The van der Waals surface area contributed by atoms with Crippen LogP contribution in [0.15, 0.2) is 48.5 Å². The van der Waals surface area contributed by atoms with Gasteiger partial charge in [0.25, 0.3) is 5.91 Å². The number of rotatable bonds is 8. The van der Waals surface area contributed by atoms with Crippen LogP contribution in [0.2, 0.25) is 0 Å². The van der Waals surface area contributed by atoms with Crippen molar-refractivity contribution in [3.8, 4) is 17.2 Å². The zero-order valence-corrected chi connectivity index (χ0v) is 21.1. The monoisotopic (exact) mass is 492 g/mol. The third-order valence-corrected chi connectivity index (χ3v) is 7.40. The van der Waals surface area contributed by atoms with Crippen LogP contribution in [0, 0.1) is 0 Å². The van der Waals surface area contributed by atoms with Crippen molar-refractivity contribution in [2.75, 3.05) is 26.3 Å². The van der Waals surface area contributed by atoms with E-state index < -0.39 is 6.04 Å². The van der Waals surface area contributed by atoms with Crippen LogP contribution in [0.3, 0.4) is 0 Å². The number of unbranched alkanes of at least 4 members (excludes halogenated alkanes) is 1. The molecule has 2 amide bonds. The fourth-order valence-electron chi connectivity index (χ4n) is 5.43. The van der Waals surface area contributed by atoms with E-state index in [1.54, 1.807) is 4.90 Å². The molecule has 3 aliphatic rings. The molecule has 2 aliphatic heterocycles. The van der Waals surface area contributed by atoms with Crippen molar-refractivity contribution in [3.05, 3.63) is 54.1 Å². The summed E-state index contributed by atoms with van der Waals surface area (Å²) < 4.78 is 17.9. The highest BCUT2D eigenvalue weighted by atomic mass is 16.6. The molecule has 2 heterocycles. The highest BCUT2D eigenvalue weighted by molar-refractivity contribution is 5.95. The van der Waals surface area contributed by atoms with Crippen molar-refractivity contribution < 1.29 is 23.8 Å². The number of amides is 2. The van der Waals surface area contributed by atoms with Crippen LogP contribution in [0.5, 0.6) is 17.2 Å². The minimum Gasteiger partial charge on any atom is -0.494 e. The Kier molecular flexibility index (Phi) is 7.63. The van der Waals surface area contributed by atoms with Crippen LogP contribution in [0.25, 0.3) is 0 Å². The van der Waals surface area contributed by atoms with E-state index in [-0.39, 0.29) is 37.0 Å².